The molecule has 0 radical (unpaired) electrons. The Hall–Kier alpha value is -2.83. The Morgan fingerprint density at radius 2 is 1.64 bits per heavy atom. The average Bonchev–Trinajstić information content (AvgIpc) is 2.79. The maximum atomic E-state index is 12.4. The Labute approximate surface area is 165 Å². The van der Waals surface area contributed by atoms with Crippen LogP contribution in [0.5, 0.6) is 5.75 Å². The molecule has 7 nitrogen and oxygen atoms in total. The predicted molar refractivity (Wildman–Crippen MR) is 109 cm³/mol. The van der Waals surface area contributed by atoms with Crippen molar-refractivity contribution < 1.29 is 9.53 Å². The van der Waals surface area contributed by atoms with Crippen LogP contribution in [0.15, 0.2) is 42.6 Å². The second kappa shape index (κ2) is 8.91. The minimum atomic E-state index is 0.0280. The molecule has 2 aromatic rings. The summed E-state index contributed by atoms with van der Waals surface area (Å²) in [7, 11) is 0. The van der Waals surface area contributed by atoms with Crippen molar-refractivity contribution in [2.45, 2.75) is 19.3 Å². The molecule has 3 heterocycles. The highest BCUT2D eigenvalue weighted by atomic mass is 16.5. The first-order valence-electron chi connectivity index (χ1n) is 10.1. The molecule has 148 valence electrons. The zero-order chi connectivity index (χ0) is 19.2. The number of anilines is 2. The molecule has 7 heteroatoms. The van der Waals surface area contributed by atoms with Gasteiger partial charge in [-0.25, -0.2) is 4.98 Å². The highest BCUT2D eigenvalue weighted by molar-refractivity contribution is 5.78. The summed E-state index contributed by atoms with van der Waals surface area (Å²) in [5, 5.41) is 0. The van der Waals surface area contributed by atoms with E-state index in [-0.39, 0.29) is 12.5 Å². The lowest BCUT2D eigenvalue weighted by Gasteiger charge is -2.35. The maximum Gasteiger partial charge on any atom is 0.260 e. The SMILES string of the molecule is O=C(COc1ccccc1)N1CCN(c2ccnc(N3CCCCC3)n2)CC1. The molecule has 0 unspecified atom stereocenters. The number of rotatable bonds is 5. The van der Waals surface area contributed by atoms with Crippen molar-refractivity contribution in [1.29, 1.82) is 0 Å². The molecule has 0 spiro atoms. The fraction of sp³-hybridized carbons (Fsp3) is 0.476. The molecule has 2 aliphatic rings. The van der Waals surface area contributed by atoms with Gasteiger partial charge in [0.25, 0.3) is 5.91 Å². The Morgan fingerprint density at radius 1 is 0.893 bits per heavy atom. The quantitative estimate of drug-likeness (QED) is 0.791. The van der Waals surface area contributed by atoms with Crippen molar-refractivity contribution in [3.8, 4) is 5.75 Å². The van der Waals surface area contributed by atoms with Gasteiger partial charge in [-0.05, 0) is 37.5 Å². The Bertz CT molecular complexity index is 771. The van der Waals surface area contributed by atoms with E-state index >= 15 is 0 Å². The number of piperazine rings is 1. The van der Waals surface area contributed by atoms with E-state index in [4.69, 9.17) is 9.72 Å². The summed E-state index contributed by atoms with van der Waals surface area (Å²) < 4.78 is 5.58. The molecule has 1 aromatic heterocycles. The molecule has 2 fully saturated rings. The average molecular weight is 381 g/mol. The van der Waals surface area contributed by atoms with E-state index in [0.29, 0.717) is 13.1 Å². The third-order valence-electron chi connectivity index (χ3n) is 5.33. The van der Waals surface area contributed by atoms with Crippen LogP contribution < -0.4 is 14.5 Å². The van der Waals surface area contributed by atoms with Gasteiger partial charge in [0.15, 0.2) is 6.61 Å². The Kier molecular flexibility index (Phi) is 5.89. The standard InChI is InChI=1S/C21H27N5O2/c27-20(17-28-18-7-3-1-4-8-18)25-15-13-24(14-16-25)19-9-10-22-21(23-19)26-11-5-2-6-12-26/h1,3-4,7-10H,2,5-6,11-17H2. The van der Waals surface area contributed by atoms with Crippen LogP contribution in [0.25, 0.3) is 0 Å². The number of hydrogen-bond acceptors (Lipinski definition) is 6. The number of carbonyl (C=O) groups excluding carboxylic acids is 1. The first-order valence-corrected chi connectivity index (χ1v) is 10.1. The van der Waals surface area contributed by atoms with Crippen LogP contribution >= 0.6 is 0 Å². The fourth-order valence-corrected chi connectivity index (χ4v) is 3.70. The number of amides is 1. The van der Waals surface area contributed by atoms with Gasteiger partial charge in [0.1, 0.15) is 11.6 Å². The number of hydrogen-bond donors (Lipinski definition) is 0. The van der Waals surface area contributed by atoms with Crippen molar-refractivity contribution >= 4 is 17.7 Å². The van der Waals surface area contributed by atoms with E-state index in [0.717, 1.165) is 43.7 Å². The van der Waals surface area contributed by atoms with Crippen LogP contribution in [-0.2, 0) is 4.79 Å². The Morgan fingerprint density at radius 3 is 2.39 bits per heavy atom. The minimum Gasteiger partial charge on any atom is -0.484 e. The zero-order valence-electron chi connectivity index (χ0n) is 16.2. The third-order valence-corrected chi connectivity index (χ3v) is 5.33. The summed E-state index contributed by atoms with van der Waals surface area (Å²) in [6, 6.07) is 11.4. The summed E-state index contributed by atoms with van der Waals surface area (Å²) in [4.78, 5) is 28.0. The first-order chi connectivity index (χ1) is 13.8. The van der Waals surface area contributed by atoms with E-state index in [2.05, 4.69) is 14.8 Å². The van der Waals surface area contributed by atoms with Crippen molar-refractivity contribution in [2.75, 3.05) is 55.7 Å². The molecular weight excluding hydrogens is 354 g/mol. The zero-order valence-corrected chi connectivity index (χ0v) is 16.2. The van der Waals surface area contributed by atoms with Crippen LogP contribution in [0.2, 0.25) is 0 Å². The normalized spacial score (nSPS) is 17.5. The highest BCUT2D eigenvalue weighted by Gasteiger charge is 2.23. The lowest BCUT2D eigenvalue weighted by molar-refractivity contribution is -0.133. The van der Waals surface area contributed by atoms with Gasteiger partial charge in [0.2, 0.25) is 5.95 Å². The molecule has 0 N–H and O–H groups in total. The number of carbonyl (C=O) groups is 1. The van der Waals surface area contributed by atoms with Crippen molar-refractivity contribution in [1.82, 2.24) is 14.9 Å². The van der Waals surface area contributed by atoms with Gasteiger partial charge < -0.3 is 19.4 Å². The number of aromatic nitrogens is 2. The summed E-state index contributed by atoms with van der Waals surface area (Å²) >= 11 is 0. The molecule has 28 heavy (non-hydrogen) atoms. The second-order valence-electron chi connectivity index (χ2n) is 7.23. The van der Waals surface area contributed by atoms with Gasteiger partial charge in [-0.15, -0.1) is 0 Å². The van der Waals surface area contributed by atoms with Gasteiger partial charge in [0, 0.05) is 45.5 Å². The van der Waals surface area contributed by atoms with Crippen LogP contribution in [0.4, 0.5) is 11.8 Å². The number of nitrogens with zero attached hydrogens (tertiary/aromatic N) is 5. The molecule has 0 atom stereocenters. The van der Waals surface area contributed by atoms with Crippen molar-refractivity contribution in [3.05, 3.63) is 42.6 Å². The number of para-hydroxylation sites is 1. The lowest BCUT2D eigenvalue weighted by Crippen LogP contribution is -2.50. The number of piperidine rings is 1. The number of benzene rings is 1. The smallest absolute Gasteiger partial charge is 0.260 e. The molecule has 1 amide bonds. The molecular formula is C21H27N5O2. The summed E-state index contributed by atoms with van der Waals surface area (Å²) in [5.41, 5.74) is 0. The monoisotopic (exact) mass is 381 g/mol. The van der Waals surface area contributed by atoms with E-state index in [1.54, 1.807) is 0 Å². The Balaban J connectivity index is 1.29. The summed E-state index contributed by atoms with van der Waals surface area (Å²) in [6.45, 7) is 5.05. The molecule has 4 rings (SSSR count). The van der Waals surface area contributed by atoms with Gasteiger partial charge >= 0.3 is 0 Å². The second-order valence-corrected chi connectivity index (χ2v) is 7.23. The van der Waals surface area contributed by atoms with Gasteiger partial charge in [-0.2, -0.15) is 4.98 Å². The molecule has 0 aliphatic carbocycles. The van der Waals surface area contributed by atoms with Crippen LogP contribution in [0.1, 0.15) is 19.3 Å². The maximum absolute atomic E-state index is 12.4. The summed E-state index contributed by atoms with van der Waals surface area (Å²) in [5.74, 6) is 2.52. The van der Waals surface area contributed by atoms with Crippen molar-refractivity contribution in [2.24, 2.45) is 0 Å². The van der Waals surface area contributed by atoms with Gasteiger partial charge in [0.05, 0.1) is 0 Å². The number of ether oxygens (including phenoxy) is 1. The van der Waals surface area contributed by atoms with E-state index in [9.17, 15) is 4.79 Å². The van der Waals surface area contributed by atoms with Gasteiger partial charge in [-0.1, -0.05) is 18.2 Å². The fourth-order valence-electron chi connectivity index (χ4n) is 3.70. The summed E-state index contributed by atoms with van der Waals surface area (Å²) in [6.07, 6.45) is 5.55. The molecule has 2 saturated heterocycles. The van der Waals surface area contributed by atoms with E-state index < -0.39 is 0 Å². The highest BCUT2D eigenvalue weighted by Crippen LogP contribution is 2.20. The topological polar surface area (TPSA) is 61.8 Å². The molecule has 0 bridgehead atoms. The molecule has 1 aromatic carbocycles. The molecule has 0 saturated carbocycles. The van der Waals surface area contributed by atoms with Gasteiger partial charge in [-0.3, -0.25) is 4.79 Å². The van der Waals surface area contributed by atoms with Crippen LogP contribution in [-0.4, -0.2) is 66.7 Å². The minimum absolute atomic E-state index is 0.0280. The van der Waals surface area contributed by atoms with Crippen molar-refractivity contribution in [3.63, 3.8) is 0 Å². The first kappa shape index (κ1) is 18.5. The lowest BCUT2D eigenvalue weighted by atomic mass is 10.1. The largest absolute Gasteiger partial charge is 0.484 e. The molecule has 2 aliphatic heterocycles. The predicted octanol–water partition coefficient (Wildman–Crippen LogP) is 2.19. The third kappa shape index (κ3) is 4.52. The van der Waals surface area contributed by atoms with E-state index in [1.807, 2.05) is 47.5 Å². The van der Waals surface area contributed by atoms with E-state index in [1.165, 1.54) is 19.3 Å². The van der Waals surface area contributed by atoms with Crippen LogP contribution in [0, 0.1) is 0 Å². The van der Waals surface area contributed by atoms with Crippen LogP contribution in [0.3, 0.4) is 0 Å².